The van der Waals surface area contributed by atoms with Gasteiger partial charge in [0.15, 0.2) is 0 Å². The number of hydrogen-bond acceptors (Lipinski definition) is 4. The molecule has 1 atom stereocenters. The number of amides is 2. The highest BCUT2D eigenvalue weighted by Crippen LogP contribution is 2.29. The number of carbonyl (C=O) groups is 2. The molecule has 2 aromatic carbocycles. The van der Waals surface area contributed by atoms with Crippen molar-refractivity contribution >= 4 is 11.8 Å². The Labute approximate surface area is 188 Å². The highest BCUT2D eigenvalue weighted by Gasteiger charge is 2.31. The van der Waals surface area contributed by atoms with Crippen LogP contribution in [0.5, 0.6) is 0 Å². The molecule has 1 aliphatic rings. The first-order chi connectivity index (χ1) is 15.7. The fourth-order valence-corrected chi connectivity index (χ4v) is 3.53. The molecule has 0 N–H and O–H groups in total. The van der Waals surface area contributed by atoms with Crippen LogP contribution in [0.15, 0.2) is 48.5 Å². The summed E-state index contributed by atoms with van der Waals surface area (Å²) in [5.74, 6) is -1.35. The van der Waals surface area contributed by atoms with Crippen molar-refractivity contribution in [1.29, 1.82) is 0 Å². The number of nitrogens with zero attached hydrogens (tertiary/aromatic N) is 2. The first kappa shape index (κ1) is 24.7. The Hall–Kier alpha value is -2.98. The van der Waals surface area contributed by atoms with Gasteiger partial charge in [0.25, 0.3) is 11.8 Å². The van der Waals surface area contributed by atoms with E-state index in [1.165, 1.54) is 35.1 Å². The Morgan fingerprint density at radius 2 is 1.88 bits per heavy atom. The van der Waals surface area contributed by atoms with Crippen molar-refractivity contribution < 1.29 is 36.6 Å². The molecule has 0 aromatic heterocycles. The average Bonchev–Trinajstić information content (AvgIpc) is 2.80. The zero-order valence-corrected chi connectivity index (χ0v) is 18.0. The number of carbonyl (C=O) groups excluding carboxylic acids is 2. The van der Waals surface area contributed by atoms with Crippen LogP contribution in [-0.4, -0.2) is 74.2 Å². The van der Waals surface area contributed by atoms with Crippen LogP contribution in [0.4, 0.5) is 17.6 Å². The lowest BCUT2D eigenvalue weighted by molar-refractivity contribution is -0.137. The molecule has 6 nitrogen and oxygen atoms in total. The molecule has 1 unspecified atom stereocenters. The Morgan fingerprint density at radius 3 is 2.52 bits per heavy atom. The predicted molar refractivity (Wildman–Crippen MR) is 111 cm³/mol. The fourth-order valence-electron chi connectivity index (χ4n) is 3.53. The van der Waals surface area contributed by atoms with Crippen LogP contribution in [0, 0.1) is 5.82 Å². The number of hydrogen-bond donors (Lipinski definition) is 0. The van der Waals surface area contributed by atoms with Gasteiger partial charge in [0.2, 0.25) is 0 Å². The summed E-state index contributed by atoms with van der Waals surface area (Å²) in [7, 11) is 1.49. The first-order valence-corrected chi connectivity index (χ1v) is 10.3. The number of ether oxygens (including phenoxy) is 2. The summed E-state index contributed by atoms with van der Waals surface area (Å²) in [6.07, 6.45) is -5.00. The molecule has 0 bridgehead atoms. The summed E-state index contributed by atoms with van der Waals surface area (Å²) in [5, 5.41) is 0. The number of alkyl halides is 3. The predicted octanol–water partition coefficient (Wildman–Crippen LogP) is 3.47. The summed E-state index contributed by atoms with van der Waals surface area (Å²) in [6, 6.07) is 9.37. The lowest BCUT2D eigenvalue weighted by Gasteiger charge is -2.36. The molecule has 0 aliphatic carbocycles. The summed E-state index contributed by atoms with van der Waals surface area (Å²) in [6.45, 7) is 1.26. The van der Waals surface area contributed by atoms with Crippen LogP contribution in [0.3, 0.4) is 0 Å². The second-order valence-electron chi connectivity index (χ2n) is 7.57. The second-order valence-corrected chi connectivity index (χ2v) is 7.57. The molecule has 0 saturated carbocycles. The van der Waals surface area contributed by atoms with Crippen LogP contribution >= 0.6 is 0 Å². The highest BCUT2D eigenvalue weighted by molar-refractivity contribution is 5.95. The smallest absolute Gasteiger partial charge is 0.383 e. The molecule has 3 rings (SSSR count). The summed E-state index contributed by atoms with van der Waals surface area (Å²) in [5.41, 5.74) is -0.515. The molecule has 0 spiro atoms. The van der Waals surface area contributed by atoms with Crippen LogP contribution in [0.2, 0.25) is 0 Å². The maximum Gasteiger partial charge on any atom is 0.416 e. The zero-order chi connectivity index (χ0) is 24.0. The molecular formula is C23H24F4N2O4. The third kappa shape index (κ3) is 6.52. The number of methoxy groups -OCH3 is 1. The van der Waals surface area contributed by atoms with Crippen LogP contribution < -0.4 is 0 Å². The number of morpholine rings is 1. The molecule has 1 heterocycles. The van der Waals surface area contributed by atoms with Crippen molar-refractivity contribution in [3.05, 3.63) is 71.0 Å². The van der Waals surface area contributed by atoms with Gasteiger partial charge < -0.3 is 19.3 Å². The van der Waals surface area contributed by atoms with Crippen molar-refractivity contribution in [3.8, 4) is 0 Å². The van der Waals surface area contributed by atoms with Crippen LogP contribution in [-0.2, 0) is 15.7 Å². The van der Waals surface area contributed by atoms with Gasteiger partial charge in [0.05, 0.1) is 24.9 Å². The van der Waals surface area contributed by atoms with E-state index in [1.54, 1.807) is 0 Å². The average molecular weight is 468 g/mol. The van der Waals surface area contributed by atoms with E-state index in [-0.39, 0.29) is 50.5 Å². The van der Waals surface area contributed by atoms with E-state index in [0.29, 0.717) is 0 Å². The molecule has 178 valence electrons. The second kappa shape index (κ2) is 10.8. The maximum atomic E-state index is 13.6. The van der Waals surface area contributed by atoms with Gasteiger partial charge in [0, 0.05) is 44.4 Å². The minimum atomic E-state index is -4.48. The zero-order valence-electron chi connectivity index (χ0n) is 18.0. The molecule has 33 heavy (non-hydrogen) atoms. The van der Waals surface area contributed by atoms with Gasteiger partial charge in [-0.05, 0) is 42.5 Å². The van der Waals surface area contributed by atoms with Crippen molar-refractivity contribution in [3.63, 3.8) is 0 Å². The Bertz CT molecular complexity index is 966. The van der Waals surface area contributed by atoms with Crippen LogP contribution in [0.25, 0.3) is 0 Å². The minimum absolute atomic E-state index is 0.134. The SMILES string of the molecule is COCCN(CC1CN(C(=O)c2ccc(C(F)(F)F)cc2)CCO1)C(=O)c1cccc(F)c1. The molecule has 1 saturated heterocycles. The normalized spacial score (nSPS) is 16.5. The molecule has 2 aromatic rings. The van der Waals surface area contributed by atoms with Gasteiger partial charge in [-0.1, -0.05) is 6.07 Å². The van der Waals surface area contributed by atoms with E-state index < -0.39 is 35.5 Å². The van der Waals surface area contributed by atoms with E-state index in [2.05, 4.69) is 0 Å². The van der Waals surface area contributed by atoms with Gasteiger partial charge in [-0.3, -0.25) is 9.59 Å². The van der Waals surface area contributed by atoms with Gasteiger partial charge in [-0.15, -0.1) is 0 Å². The highest BCUT2D eigenvalue weighted by atomic mass is 19.4. The Kier molecular flexibility index (Phi) is 8.04. The monoisotopic (exact) mass is 468 g/mol. The van der Waals surface area contributed by atoms with Crippen molar-refractivity contribution in [2.45, 2.75) is 12.3 Å². The van der Waals surface area contributed by atoms with Gasteiger partial charge >= 0.3 is 6.18 Å². The third-order valence-electron chi connectivity index (χ3n) is 5.23. The van der Waals surface area contributed by atoms with Crippen molar-refractivity contribution in [2.24, 2.45) is 0 Å². The van der Waals surface area contributed by atoms with E-state index in [9.17, 15) is 27.2 Å². The molecule has 2 amide bonds. The van der Waals surface area contributed by atoms with Crippen molar-refractivity contribution in [2.75, 3.05) is 46.5 Å². The third-order valence-corrected chi connectivity index (χ3v) is 5.23. The largest absolute Gasteiger partial charge is 0.416 e. The summed E-state index contributed by atoms with van der Waals surface area (Å²) in [4.78, 5) is 28.7. The summed E-state index contributed by atoms with van der Waals surface area (Å²) < 4.78 is 62.7. The Balaban J connectivity index is 1.68. The molecule has 1 aliphatic heterocycles. The minimum Gasteiger partial charge on any atom is -0.383 e. The van der Waals surface area contributed by atoms with E-state index in [1.807, 2.05) is 0 Å². The molecule has 1 fully saturated rings. The molecule has 10 heteroatoms. The van der Waals surface area contributed by atoms with E-state index in [4.69, 9.17) is 9.47 Å². The summed E-state index contributed by atoms with van der Waals surface area (Å²) >= 11 is 0. The van der Waals surface area contributed by atoms with Crippen LogP contribution in [0.1, 0.15) is 26.3 Å². The Morgan fingerprint density at radius 1 is 1.15 bits per heavy atom. The quantitative estimate of drug-likeness (QED) is 0.584. The van der Waals surface area contributed by atoms with Gasteiger partial charge in [0.1, 0.15) is 5.82 Å². The first-order valence-electron chi connectivity index (χ1n) is 10.3. The topological polar surface area (TPSA) is 59.1 Å². The van der Waals surface area contributed by atoms with Gasteiger partial charge in [-0.2, -0.15) is 13.2 Å². The number of rotatable bonds is 7. The number of benzene rings is 2. The molecule has 0 radical (unpaired) electrons. The lowest BCUT2D eigenvalue weighted by atomic mass is 10.1. The maximum absolute atomic E-state index is 13.6. The van der Waals surface area contributed by atoms with E-state index >= 15 is 0 Å². The fraction of sp³-hybridized carbons (Fsp3) is 0.391. The lowest BCUT2D eigenvalue weighted by Crippen LogP contribution is -2.51. The van der Waals surface area contributed by atoms with Crippen molar-refractivity contribution in [1.82, 2.24) is 9.80 Å². The van der Waals surface area contributed by atoms with E-state index in [0.717, 1.165) is 30.3 Å². The molecular weight excluding hydrogens is 444 g/mol. The van der Waals surface area contributed by atoms with Gasteiger partial charge in [-0.25, -0.2) is 4.39 Å². The standard InChI is InChI=1S/C23H24F4N2O4/c1-32-11-9-28(22(31)17-3-2-4-19(24)13-17)14-20-15-29(10-12-33-20)21(30)16-5-7-18(8-6-16)23(25,26)27/h2-8,13,20H,9-12,14-15H2,1H3. The number of halogens is 4.